The third kappa shape index (κ3) is 4.26. The first-order valence-corrected chi connectivity index (χ1v) is 8.60. The van der Waals surface area contributed by atoms with E-state index in [2.05, 4.69) is 15.5 Å². The molecule has 1 heterocycles. The number of anilines is 1. The van der Waals surface area contributed by atoms with E-state index >= 15 is 0 Å². The lowest BCUT2D eigenvalue weighted by molar-refractivity contribution is 0.102. The minimum absolute atomic E-state index is 0.357. The molecule has 2 aromatic rings. The van der Waals surface area contributed by atoms with Gasteiger partial charge in [-0.3, -0.25) is 9.69 Å². The maximum Gasteiger partial charge on any atom is 0.255 e. The van der Waals surface area contributed by atoms with Crippen molar-refractivity contribution in [3.63, 3.8) is 0 Å². The predicted molar refractivity (Wildman–Crippen MR) is 98.4 cm³/mol. The lowest BCUT2D eigenvalue weighted by atomic mass is 10.0. The molecule has 0 aliphatic carbocycles. The normalized spacial score (nSPS) is 14.7. The lowest BCUT2D eigenvalue weighted by Crippen LogP contribution is -2.43. The van der Waals surface area contributed by atoms with E-state index in [1.807, 2.05) is 13.0 Å². The topological polar surface area (TPSA) is 68.2 Å². The van der Waals surface area contributed by atoms with Crippen LogP contribution in [-0.2, 0) is 6.54 Å². The van der Waals surface area contributed by atoms with Gasteiger partial charge in [-0.25, -0.2) is 4.39 Å². The van der Waals surface area contributed by atoms with E-state index in [0.717, 1.165) is 37.3 Å². The molecule has 0 bridgehead atoms. The number of nitriles is 1. The Morgan fingerprint density at radius 3 is 2.81 bits per heavy atom. The molecule has 3 rings (SSSR count). The average molecular weight is 352 g/mol. The Balaban J connectivity index is 1.80. The van der Waals surface area contributed by atoms with E-state index in [1.165, 1.54) is 18.2 Å². The quantitative estimate of drug-likeness (QED) is 0.888. The molecule has 5 nitrogen and oxygen atoms in total. The SMILES string of the molecule is Cc1c(CN2CCNCC2)cc(F)cc1NC(=O)c1cccc(C#N)c1. The summed E-state index contributed by atoms with van der Waals surface area (Å²) in [6.07, 6.45) is 0. The Morgan fingerprint density at radius 1 is 1.31 bits per heavy atom. The first kappa shape index (κ1) is 18.1. The molecular formula is C20H21FN4O. The Hall–Kier alpha value is -2.75. The highest BCUT2D eigenvalue weighted by molar-refractivity contribution is 6.04. The number of halogens is 1. The highest BCUT2D eigenvalue weighted by Gasteiger charge is 2.16. The lowest BCUT2D eigenvalue weighted by Gasteiger charge is -2.28. The largest absolute Gasteiger partial charge is 0.322 e. The Morgan fingerprint density at radius 2 is 2.08 bits per heavy atom. The molecule has 0 atom stereocenters. The zero-order valence-electron chi connectivity index (χ0n) is 14.7. The number of nitrogens with one attached hydrogen (secondary N) is 2. The van der Waals surface area contributed by atoms with Gasteiger partial charge in [-0.15, -0.1) is 0 Å². The van der Waals surface area contributed by atoms with Gasteiger partial charge in [0.15, 0.2) is 0 Å². The van der Waals surface area contributed by atoms with Gasteiger partial charge in [0.25, 0.3) is 5.91 Å². The summed E-state index contributed by atoms with van der Waals surface area (Å²) in [4.78, 5) is 14.7. The zero-order chi connectivity index (χ0) is 18.5. The average Bonchev–Trinajstić information content (AvgIpc) is 2.66. The summed E-state index contributed by atoms with van der Waals surface area (Å²) in [6.45, 7) is 6.22. The molecule has 6 heteroatoms. The third-order valence-electron chi connectivity index (χ3n) is 4.59. The highest BCUT2D eigenvalue weighted by atomic mass is 19.1. The van der Waals surface area contributed by atoms with Crippen molar-refractivity contribution in [2.24, 2.45) is 0 Å². The first-order valence-electron chi connectivity index (χ1n) is 8.60. The number of rotatable bonds is 4. The summed E-state index contributed by atoms with van der Waals surface area (Å²) >= 11 is 0. The minimum atomic E-state index is -0.373. The van der Waals surface area contributed by atoms with Crippen LogP contribution in [0.5, 0.6) is 0 Å². The summed E-state index contributed by atoms with van der Waals surface area (Å²) in [6, 6.07) is 11.3. The predicted octanol–water partition coefficient (Wildman–Crippen LogP) is 2.66. The van der Waals surface area contributed by atoms with Crippen LogP contribution in [0.4, 0.5) is 10.1 Å². The number of carbonyl (C=O) groups excluding carboxylic acids is 1. The summed E-state index contributed by atoms with van der Waals surface area (Å²) in [5.41, 5.74) is 2.97. The Labute approximate surface area is 152 Å². The molecule has 26 heavy (non-hydrogen) atoms. The third-order valence-corrected chi connectivity index (χ3v) is 4.59. The van der Waals surface area contributed by atoms with Gasteiger partial charge >= 0.3 is 0 Å². The van der Waals surface area contributed by atoms with Gasteiger partial charge in [0.1, 0.15) is 5.82 Å². The van der Waals surface area contributed by atoms with Crippen LogP contribution < -0.4 is 10.6 Å². The van der Waals surface area contributed by atoms with E-state index in [1.54, 1.807) is 18.2 Å². The molecule has 1 saturated heterocycles. The minimum Gasteiger partial charge on any atom is -0.322 e. The van der Waals surface area contributed by atoms with Gasteiger partial charge in [-0.2, -0.15) is 5.26 Å². The van der Waals surface area contributed by atoms with Gasteiger partial charge in [0.2, 0.25) is 0 Å². The summed E-state index contributed by atoms with van der Waals surface area (Å²) in [5, 5.41) is 15.0. The first-order chi connectivity index (χ1) is 12.6. The Kier molecular flexibility index (Phi) is 5.61. The molecule has 134 valence electrons. The van der Waals surface area contributed by atoms with Crippen LogP contribution >= 0.6 is 0 Å². The van der Waals surface area contributed by atoms with Crippen LogP contribution in [0, 0.1) is 24.1 Å². The molecule has 0 aromatic heterocycles. The van der Waals surface area contributed by atoms with Crippen LogP contribution in [0.25, 0.3) is 0 Å². The second kappa shape index (κ2) is 8.09. The number of amides is 1. The molecule has 1 amide bonds. The van der Waals surface area contributed by atoms with Crippen molar-refractivity contribution in [1.82, 2.24) is 10.2 Å². The molecule has 2 aromatic carbocycles. The fourth-order valence-electron chi connectivity index (χ4n) is 3.06. The van der Waals surface area contributed by atoms with Gasteiger partial charge in [-0.05, 0) is 48.4 Å². The molecule has 0 radical (unpaired) electrons. The molecule has 1 aliphatic rings. The number of hydrogen-bond donors (Lipinski definition) is 2. The van der Waals surface area contributed by atoms with E-state index in [-0.39, 0.29) is 11.7 Å². The number of benzene rings is 2. The fraction of sp³-hybridized carbons (Fsp3) is 0.300. The van der Waals surface area contributed by atoms with Gasteiger partial charge in [0, 0.05) is 44.0 Å². The number of nitrogens with zero attached hydrogens (tertiary/aromatic N) is 2. The van der Waals surface area contributed by atoms with Crippen LogP contribution in [0.3, 0.4) is 0 Å². The molecular weight excluding hydrogens is 331 g/mol. The monoisotopic (exact) mass is 352 g/mol. The van der Waals surface area contributed by atoms with Crippen molar-refractivity contribution in [3.8, 4) is 6.07 Å². The van der Waals surface area contributed by atoms with Crippen molar-refractivity contribution in [2.75, 3.05) is 31.5 Å². The Bertz CT molecular complexity index is 853. The van der Waals surface area contributed by atoms with Gasteiger partial charge in [-0.1, -0.05) is 6.07 Å². The molecule has 1 aliphatic heterocycles. The van der Waals surface area contributed by atoms with E-state index < -0.39 is 0 Å². The second-order valence-electron chi connectivity index (χ2n) is 6.41. The highest BCUT2D eigenvalue weighted by Crippen LogP contribution is 2.23. The van der Waals surface area contributed by atoms with E-state index in [9.17, 15) is 9.18 Å². The molecule has 1 fully saturated rings. The smallest absolute Gasteiger partial charge is 0.255 e. The second-order valence-corrected chi connectivity index (χ2v) is 6.41. The summed E-state index contributed by atoms with van der Waals surface area (Å²) in [7, 11) is 0. The van der Waals surface area contributed by atoms with Gasteiger partial charge in [0.05, 0.1) is 11.6 Å². The van der Waals surface area contributed by atoms with Crippen molar-refractivity contribution < 1.29 is 9.18 Å². The number of carbonyl (C=O) groups is 1. The molecule has 0 saturated carbocycles. The maximum absolute atomic E-state index is 14.1. The number of piperazine rings is 1. The molecule has 0 unspecified atom stereocenters. The van der Waals surface area contributed by atoms with E-state index in [4.69, 9.17) is 5.26 Å². The standard InChI is InChI=1S/C20H21FN4O/c1-14-17(13-25-7-5-23-6-8-25)10-18(21)11-19(14)24-20(26)16-4-2-3-15(9-16)12-22/h2-4,9-11,23H,5-8,13H2,1H3,(H,24,26). The van der Waals surface area contributed by atoms with Crippen molar-refractivity contribution >= 4 is 11.6 Å². The van der Waals surface area contributed by atoms with Crippen LogP contribution in [-0.4, -0.2) is 37.0 Å². The van der Waals surface area contributed by atoms with Crippen LogP contribution in [0.2, 0.25) is 0 Å². The summed E-state index contributed by atoms with van der Waals surface area (Å²) < 4.78 is 14.1. The van der Waals surface area contributed by atoms with E-state index in [0.29, 0.717) is 23.4 Å². The van der Waals surface area contributed by atoms with Crippen molar-refractivity contribution in [3.05, 3.63) is 64.5 Å². The molecule has 2 N–H and O–H groups in total. The number of hydrogen-bond acceptors (Lipinski definition) is 4. The maximum atomic E-state index is 14.1. The molecule has 0 spiro atoms. The summed E-state index contributed by atoms with van der Waals surface area (Å²) in [5.74, 6) is -0.731. The fourth-order valence-corrected chi connectivity index (χ4v) is 3.06. The van der Waals surface area contributed by atoms with Crippen LogP contribution in [0.1, 0.15) is 27.0 Å². The van der Waals surface area contributed by atoms with Crippen LogP contribution in [0.15, 0.2) is 36.4 Å². The van der Waals surface area contributed by atoms with Crippen molar-refractivity contribution in [2.45, 2.75) is 13.5 Å². The zero-order valence-corrected chi connectivity index (χ0v) is 14.7. The van der Waals surface area contributed by atoms with Crippen molar-refractivity contribution in [1.29, 1.82) is 5.26 Å². The van der Waals surface area contributed by atoms with Gasteiger partial charge < -0.3 is 10.6 Å².